The highest BCUT2D eigenvalue weighted by Gasteiger charge is 2.15. The third kappa shape index (κ3) is 4.51. The number of aryl methyl sites for hydroxylation is 1. The molecule has 4 nitrogen and oxygen atoms in total. The maximum atomic E-state index is 12.6. The van der Waals surface area contributed by atoms with Crippen molar-refractivity contribution in [1.29, 1.82) is 0 Å². The van der Waals surface area contributed by atoms with Crippen LogP contribution in [0.1, 0.15) is 16.7 Å². The molecule has 1 amide bonds. The normalized spacial score (nSPS) is 10.4. The topological polar surface area (TPSA) is 38.8 Å². The monoisotopic (exact) mass is 391 g/mol. The summed E-state index contributed by atoms with van der Waals surface area (Å²) in [5.41, 5.74) is 2.96. The number of nitrogens with zero attached hydrogens (tertiary/aromatic N) is 1. The number of hydrogen-bond donors (Lipinski definition) is 0. The number of halogens is 1. The van der Waals surface area contributed by atoms with E-state index in [0.29, 0.717) is 13.0 Å². The van der Waals surface area contributed by atoms with Gasteiger partial charge in [-0.05, 0) is 31.2 Å². The molecule has 0 saturated carbocycles. The van der Waals surface area contributed by atoms with Crippen LogP contribution in [-0.2, 0) is 17.8 Å². The van der Waals surface area contributed by atoms with Crippen LogP contribution < -0.4 is 9.47 Å². The minimum atomic E-state index is 0.0286. The zero-order valence-electron chi connectivity index (χ0n) is 14.4. The SMILES string of the molecule is COc1ccc(C)cc1CC(=O)N(C)Cc1cc(Br)ccc1OC. The van der Waals surface area contributed by atoms with Crippen molar-refractivity contribution in [1.82, 2.24) is 4.90 Å². The molecule has 0 aliphatic heterocycles. The molecule has 24 heavy (non-hydrogen) atoms. The van der Waals surface area contributed by atoms with E-state index in [4.69, 9.17) is 9.47 Å². The number of hydrogen-bond acceptors (Lipinski definition) is 3. The fourth-order valence-corrected chi connectivity index (χ4v) is 2.97. The highest BCUT2D eigenvalue weighted by molar-refractivity contribution is 9.10. The lowest BCUT2D eigenvalue weighted by Gasteiger charge is -2.20. The quantitative estimate of drug-likeness (QED) is 0.747. The van der Waals surface area contributed by atoms with Crippen molar-refractivity contribution < 1.29 is 14.3 Å². The summed E-state index contributed by atoms with van der Waals surface area (Å²) in [5.74, 6) is 1.54. The van der Waals surface area contributed by atoms with E-state index in [0.717, 1.165) is 32.7 Å². The largest absolute Gasteiger partial charge is 0.496 e. The van der Waals surface area contributed by atoms with E-state index >= 15 is 0 Å². The van der Waals surface area contributed by atoms with Crippen LogP contribution in [0.15, 0.2) is 40.9 Å². The number of likely N-dealkylation sites (N-methyl/N-ethyl adjacent to an activating group) is 1. The molecular weight excluding hydrogens is 370 g/mol. The number of ether oxygens (including phenoxy) is 2. The van der Waals surface area contributed by atoms with E-state index in [2.05, 4.69) is 15.9 Å². The van der Waals surface area contributed by atoms with Crippen LogP contribution in [-0.4, -0.2) is 32.1 Å². The van der Waals surface area contributed by atoms with Gasteiger partial charge in [-0.15, -0.1) is 0 Å². The Labute approximate surface area is 151 Å². The van der Waals surface area contributed by atoms with Crippen LogP contribution in [0, 0.1) is 6.92 Å². The van der Waals surface area contributed by atoms with Gasteiger partial charge in [0.2, 0.25) is 5.91 Å². The second-order valence-corrected chi connectivity index (χ2v) is 6.61. The van der Waals surface area contributed by atoms with Crippen molar-refractivity contribution in [3.8, 4) is 11.5 Å². The number of amides is 1. The summed E-state index contributed by atoms with van der Waals surface area (Å²) in [4.78, 5) is 14.3. The predicted octanol–water partition coefficient (Wildman–Crippen LogP) is 3.98. The first kappa shape index (κ1) is 18.3. The van der Waals surface area contributed by atoms with Crippen LogP contribution in [0.4, 0.5) is 0 Å². The summed E-state index contributed by atoms with van der Waals surface area (Å²) in [7, 11) is 5.05. The highest BCUT2D eigenvalue weighted by Crippen LogP contribution is 2.25. The van der Waals surface area contributed by atoms with E-state index in [1.54, 1.807) is 26.2 Å². The fraction of sp³-hybridized carbons (Fsp3) is 0.316. The standard InChI is InChI=1S/C19H22BrNO3/c1-13-5-7-17(23-3)14(9-13)11-19(22)21(2)12-15-10-16(20)6-8-18(15)24-4/h5-10H,11-12H2,1-4H3. The molecule has 0 unspecified atom stereocenters. The smallest absolute Gasteiger partial charge is 0.227 e. The van der Waals surface area contributed by atoms with Gasteiger partial charge in [0.15, 0.2) is 0 Å². The first-order valence-electron chi connectivity index (χ1n) is 7.64. The minimum Gasteiger partial charge on any atom is -0.496 e. The van der Waals surface area contributed by atoms with Gasteiger partial charge in [0.1, 0.15) is 11.5 Å². The Hall–Kier alpha value is -2.01. The van der Waals surface area contributed by atoms with Gasteiger partial charge in [-0.3, -0.25) is 4.79 Å². The van der Waals surface area contributed by atoms with E-state index in [-0.39, 0.29) is 5.91 Å². The number of carbonyl (C=O) groups excluding carboxylic acids is 1. The molecule has 5 heteroatoms. The first-order chi connectivity index (χ1) is 11.4. The number of benzene rings is 2. The molecule has 0 aromatic heterocycles. The molecule has 0 aliphatic carbocycles. The molecule has 0 saturated heterocycles. The molecule has 2 rings (SSSR count). The summed E-state index contributed by atoms with van der Waals surface area (Å²) >= 11 is 3.46. The Balaban J connectivity index is 2.13. The summed E-state index contributed by atoms with van der Waals surface area (Å²) in [5, 5.41) is 0. The van der Waals surface area contributed by atoms with Gasteiger partial charge in [0.05, 0.1) is 20.6 Å². The molecule has 0 bridgehead atoms. The molecule has 0 spiro atoms. The lowest BCUT2D eigenvalue weighted by atomic mass is 10.1. The molecule has 0 radical (unpaired) electrons. The molecule has 0 heterocycles. The van der Waals surface area contributed by atoms with Crippen LogP contribution in [0.5, 0.6) is 11.5 Å². The van der Waals surface area contributed by atoms with Crippen LogP contribution in [0.3, 0.4) is 0 Å². The molecule has 128 valence electrons. The summed E-state index contributed by atoms with van der Waals surface area (Å²) in [6.07, 6.45) is 0.303. The average Bonchev–Trinajstić information content (AvgIpc) is 2.55. The van der Waals surface area contributed by atoms with E-state index in [1.807, 2.05) is 43.3 Å². The van der Waals surface area contributed by atoms with Crippen molar-refractivity contribution in [2.24, 2.45) is 0 Å². The third-order valence-corrected chi connectivity index (χ3v) is 4.35. The molecule has 2 aromatic carbocycles. The maximum Gasteiger partial charge on any atom is 0.227 e. The Morgan fingerprint density at radius 3 is 2.33 bits per heavy atom. The van der Waals surface area contributed by atoms with Crippen LogP contribution in [0.2, 0.25) is 0 Å². The molecule has 0 aliphatic rings. The summed E-state index contributed by atoms with van der Waals surface area (Å²) in [6, 6.07) is 11.6. The molecule has 2 aromatic rings. The minimum absolute atomic E-state index is 0.0286. The highest BCUT2D eigenvalue weighted by atomic mass is 79.9. The van der Waals surface area contributed by atoms with E-state index < -0.39 is 0 Å². The van der Waals surface area contributed by atoms with Crippen molar-refractivity contribution >= 4 is 21.8 Å². The molecule has 0 fully saturated rings. The first-order valence-corrected chi connectivity index (χ1v) is 8.43. The van der Waals surface area contributed by atoms with Gasteiger partial charge >= 0.3 is 0 Å². The zero-order chi connectivity index (χ0) is 17.7. The lowest BCUT2D eigenvalue weighted by molar-refractivity contribution is -0.129. The Bertz CT molecular complexity index is 731. The summed E-state index contributed by atoms with van der Waals surface area (Å²) in [6.45, 7) is 2.49. The molecule has 0 N–H and O–H groups in total. The van der Waals surface area contributed by atoms with Gasteiger partial charge in [-0.25, -0.2) is 0 Å². The fourth-order valence-electron chi connectivity index (χ4n) is 2.56. The number of methoxy groups -OCH3 is 2. The lowest BCUT2D eigenvalue weighted by Crippen LogP contribution is -2.28. The third-order valence-electron chi connectivity index (χ3n) is 3.85. The molecule has 0 atom stereocenters. The van der Waals surface area contributed by atoms with Gasteiger partial charge < -0.3 is 14.4 Å². The van der Waals surface area contributed by atoms with E-state index in [1.165, 1.54) is 0 Å². The number of rotatable bonds is 6. The average molecular weight is 392 g/mol. The predicted molar refractivity (Wildman–Crippen MR) is 98.6 cm³/mol. The second-order valence-electron chi connectivity index (χ2n) is 5.70. The van der Waals surface area contributed by atoms with Crippen LogP contribution >= 0.6 is 15.9 Å². The van der Waals surface area contributed by atoms with Crippen molar-refractivity contribution in [3.63, 3.8) is 0 Å². The maximum absolute atomic E-state index is 12.6. The zero-order valence-corrected chi connectivity index (χ0v) is 16.0. The van der Waals surface area contributed by atoms with E-state index in [9.17, 15) is 4.79 Å². The Kier molecular flexibility index (Phi) is 6.26. The Morgan fingerprint density at radius 1 is 1.04 bits per heavy atom. The van der Waals surface area contributed by atoms with Gasteiger partial charge in [0.25, 0.3) is 0 Å². The van der Waals surface area contributed by atoms with Gasteiger partial charge in [0, 0.05) is 29.2 Å². The van der Waals surface area contributed by atoms with Crippen molar-refractivity contribution in [2.75, 3.05) is 21.3 Å². The van der Waals surface area contributed by atoms with Crippen molar-refractivity contribution in [3.05, 3.63) is 57.6 Å². The number of carbonyl (C=O) groups is 1. The van der Waals surface area contributed by atoms with Crippen LogP contribution in [0.25, 0.3) is 0 Å². The van der Waals surface area contributed by atoms with Crippen molar-refractivity contribution in [2.45, 2.75) is 19.9 Å². The summed E-state index contributed by atoms with van der Waals surface area (Å²) < 4.78 is 11.7. The van der Waals surface area contributed by atoms with Gasteiger partial charge in [-0.1, -0.05) is 33.6 Å². The molecular formula is C19H22BrNO3. The Morgan fingerprint density at radius 2 is 1.67 bits per heavy atom. The second kappa shape index (κ2) is 8.20. The van der Waals surface area contributed by atoms with Gasteiger partial charge in [-0.2, -0.15) is 0 Å².